The Bertz CT molecular complexity index is 530. The van der Waals surface area contributed by atoms with E-state index in [2.05, 4.69) is 11.8 Å². The number of benzene rings is 1. The molecule has 0 radical (unpaired) electrons. The van der Waals surface area contributed by atoms with Gasteiger partial charge in [-0.15, -0.1) is 0 Å². The molecule has 2 atom stereocenters. The standard InChI is InChI=1S/C16H20FNO2/c1-15(12-4-6-13(17)7-5-12)9-10-16(14(19)20-2)8-3-11-18(15)16/h4-7H,3,8-11H2,1-2H3. The van der Waals surface area contributed by atoms with E-state index in [9.17, 15) is 9.18 Å². The molecule has 0 saturated carbocycles. The molecule has 20 heavy (non-hydrogen) atoms. The van der Waals surface area contributed by atoms with Crippen molar-refractivity contribution in [3.63, 3.8) is 0 Å². The molecule has 2 saturated heterocycles. The molecule has 0 spiro atoms. The first-order chi connectivity index (χ1) is 9.53. The van der Waals surface area contributed by atoms with Gasteiger partial charge in [0.15, 0.2) is 0 Å². The van der Waals surface area contributed by atoms with Crippen LogP contribution in [0.5, 0.6) is 0 Å². The monoisotopic (exact) mass is 277 g/mol. The summed E-state index contributed by atoms with van der Waals surface area (Å²) in [6, 6.07) is 6.66. The van der Waals surface area contributed by atoms with E-state index >= 15 is 0 Å². The van der Waals surface area contributed by atoms with Gasteiger partial charge in [0.05, 0.1) is 7.11 Å². The predicted octanol–water partition coefficient (Wildman–Crippen LogP) is 2.84. The van der Waals surface area contributed by atoms with E-state index in [1.165, 1.54) is 19.2 Å². The van der Waals surface area contributed by atoms with Gasteiger partial charge in [0.2, 0.25) is 0 Å². The van der Waals surface area contributed by atoms with Crippen molar-refractivity contribution in [3.05, 3.63) is 35.6 Å². The van der Waals surface area contributed by atoms with Crippen LogP contribution in [0.1, 0.15) is 38.2 Å². The van der Waals surface area contributed by atoms with Gasteiger partial charge in [0.25, 0.3) is 0 Å². The summed E-state index contributed by atoms with van der Waals surface area (Å²) < 4.78 is 18.2. The molecule has 0 N–H and O–H groups in total. The van der Waals surface area contributed by atoms with E-state index in [0.717, 1.165) is 37.8 Å². The van der Waals surface area contributed by atoms with E-state index in [1.807, 2.05) is 12.1 Å². The van der Waals surface area contributed by atoms with Gasteiger partial charge in [-0.25, -0.2) is 4.39 Å². The average molecular weight is 277 g/mol. The molecule has 4 heteroatoms. The molecule has 0 aromatic heterocycles. The number of ether oxygens (including phenoxy) is 1. The Labute approximate surface area is 118 Å². The third kappa shape index (κ3) is 1.71. The van der Waals surface area contributed by atoms with E-state index in [1.54, 1.807) is 0 Å². The number of hydrogen-bond donors (Lipinski definition) is 0. The van der Waals surface area contributed by atoms with Crippen LogP contribution in [0.3, 0.4) is 0 Å². The molecule has 1 aromatic rings. The van der Waals surface area contributed by atoms with E-state index < -0.39 is 5.54 Å². The molecule has 0 amide bonds. The first-order valence-corrected chi connectivity index (χ1v) is 7.15. The first kappa shape index (κ1) is 13.6. The van der Waals surface area contributed by atoms with Crippen molar-refractivity contribution in [3.8, 4) is 0 Å². The second-order valence-corrected chi connectivity index (χ2v) is 6.06. The van der Waals surface area contributed by atoms with E-state index in [0.29, 0.717) is 0 Å². The number of hydrogen-bond acceptors (Lipinski definition) is 3. The lowest BCUT2D eigenvalue weighted by molar-refractivity contribution is -0.153. The number of carbonyl (C=O) groups is 1. The number of nitrogens with zero attached hydrogens (tertiary/aromatic N) is 1. The SMILES string of the molecule is COC(=O)C12CCCN1C(C)(c1ccc(F)cc1)CC2. The van der Waals surface area contributed by atoms with Crippen molar-refractivity contribution >= 4 is 5.97 Å². The summed E-state index contributed by atoms with van der Waals surface area (Å²) >= 11 is 0. The van der Waals surface area contributed by atoms with Crippen LogP contribution in [0, 0.1) is 5.82 Å². The molecule has 2 fully saturated rings. The highest BCUT2D eigenvalue weighted by Gasteiger charge is 2.59. The van der Waals surface area contributed by atoms with Gasteiger partial charge in [0, 0.05) is 12.1 Å². The van der Waals surface area contributed by atoms with Gasteiger partial charge in [0.1, 0.15) is 11.4 Å². The number of rotatable bonds is 2. The molecule has 2 aliphatic heterocycles. The normalized spacial score (nSPS) is 33.1. The van der Waals surface area contributed by atoms with Gasteiger partial charge < -0.3 is 4.74 Å². The lowest BCUT2D eigenvalue weighted by atomic mass is 9.88. The molecule has 2 aliphatic rings. The molecular formula is C16H20FNO2. The van der Waals surface area contributed by atoms with Crippen LogP contribution in [0.4, 0.5) is 4.39 Å². The maximum atomic E-state index is 13.1. The van der Waals surface area contributed by atoms with Crippen molar-refractivity contribution in [1.29, 1.82) is 0 Å². The van der Waals surface area contributed by atoms with E-state index in [4.69, 9.17) is 4.74 Å². The van der Waals surface area contributed by atoms with Crippen LogP contribution >= 0.6 is 0 Å². The Kier molecular flexibility index (Phi) is 3.09. The second kappa shape index (κ2) is 4.55. The van der Waals surface area contributed by atoms with Crippen LogP contribution in [0.2, 0.25) is 0 Å². The number of halogens is 1. The molecule has 2 unspecified atom stereocenters. The van der Waals surface area contributed by atoms with Crippen LogP contribution in [0.15, 0.2) is 24.3 Å². The minimum absolute atomic E-state index is 0.124. The van der Waals surface area contributed by atoms with Gasteiger partial charge in [-0.3, -0.25) is 9.69 Å². The smallest absolute Gasteiger partial charge is 0.326 e. The Morgan fingerprint density at radius 3 is 2.60 bits per heavy atom. The summed E-state index contributed by atoms with van der Waals surface area (Å²) in [4.78, 5) is 14.5. The Hall–Kier alpha value is -1.42. The number of carbonyl (C=O) groups excluding carboxylic acids is 1. The minimum Gasteiger partial charge on any atom is -0.468 e. The Balaban J connectivity index is 2.00. The molecule has 108 valence electrons. The summed E-state index contributed by atoms with van der Waals surface area (Å²) in [6.07, 6.45) is 3.57. The summed E-state index contributed by atoms with van der Waals surface area (Å²) in [5, 5.41) is 0. The molecule has 0 bridgehead atoms. The second-order valence-electron chi connectivity index (χ2n) is 6.06. The fourth-order valence-corrected chi connectivity index (χ4v) is 4.06. The highest BCUT2D eigenvalue weighted by atomic mass is 19.1. The molecule has 2 heterocycles. The van der Waals surface area contributed by atoms with Gasteiger partial charge in [-0.1, -0.05) is 12.1 Å². The average Bonchev–Trinajstić information content (AvgIpc) is 3.00. The lowest BCUT2D eigenvalue weighted by Crippen LogP contribution is -2.52. The molecular weight excluding hydrogens is 257 g/mol. The fourth-order valence-electron chi connectivity index (χ4n) is 4.06. The predicted molar refractivity (Wildman–Crippen MR) is 73.7 cm³/mol. The third-order valence-electron chi connectivity index (χ3n) is 5.14. The number of esters is 1. The highest BCUT2D eigenvalue weighted by molar-refractivity contribution is 5.82. The summed E-state index contributed by atoms with van der Waals surface area (Å²) in [6.45, 7) is 3.04. The first-order valence-electron chi connectivity index (χ1n) is 7.15. The summed E-state index contributed by atoms with van der Waals surface area (Å²) in [5.41, 5.74) is 0.391. The van der Waals surface area contributed by atoms with Gasteiger partial charge in [-0.2, -0.15) is 0 Å². The maximum Gasteiger partial charge on any atom is 0.326 e. The van der Waals surface area contributed by atoms with E-state index in [-0.39, 0.29) is 17.3 Å². The zero-order valence-electron chi connectivity index (χ0n) is 12.0. The van der Waals surface area contributed by atoms with Crippen LogP contribution in [-0.2, 0) is 15.1 Å². The Morgan fingerprint density at radius 2 is 1.95 bits per heavy atom. The molecule has 0 aliphatic carbocycles. The number of fused-ring (bicyclic) bond motifs is 1. The van der Waals surface area contributed by atoms with Crippen molar-refractivity contribution in [2.75, 3.05) is 13.7 Å². The summed E-state index contributed by atoms with van der Waals surface area (Å²) in [7, 11) is 1.46. The highest BCUT2D eigenvalue weighted by Crippen LogP contribution is 2.52. The lowest BCUT2D eigenvalue weighted by Gasteiger charge is -2.39. The van der Waals surface area contributed by atoms with Gasteiger partial charge >= 0.3 is 5.97 Å². The molecule has 3 rings (SSSR count). The minimum atomic E-state index is -0.474. The quantitative estimate of drug-likeness (QED) is 0.779. The number of methoxy groups -OCH3 is 1. The van der Waals surface area contributed by atoms with Crippen molar-refractivity contribution < 1.29 is 13.9 Å². The molecule has 3 nitrogen and oxygen atoms in total. The topological polar surface area (TPSA) is 29.5 Å². The zero-order valence-corrected chi connectivity index (χ0v) is 12.0. The van der Waals surface area contributed by atoms with Crippen molar-refractivity contribution in [2.45, 2.75) is 43.7 Å². The molecule has 1 aromatic carbocycles. The third-order valence-corrected chi connectivity index (χ3v) is 5.14. The maximum absolute atomic E-state index is 13.1. The largest absolute Gasteiger partial charge is 0.468 e. The van der Waals surface area contributed by atoms with Gasteiger partial charge in [-0.05, 0) is 50.3 Å². The fraction of sp³-hybridized carbons (Fsp3) is 0.562. The van der Waals surface area contributed by atoms with Crippen molar-refractivity contribution in [2.24, 2.45) is 0 Å². The zero-order chi connectivity index (χ0) is 14.4. The summed E-state index contributed by atoms with van der Waals surface area (Å²) in [5.74, 6) is -0.350. The van der Waals surface area contributed by atoms with Crippen LogP contribution in [-0.4, -0.2) is 30.1 Å². The van der Waals surface area contributed by atoms with Crippen LogP contribution in [0.25, 0.3) is 0 Å². The Morgan fingerprint density at radius 1 is 1.25 bits per heavy atom. The van der Waals surface area contributed by atoms with Crippen molar-refractivity contribution in [1.82, 2.24) is 4.90 Å². The van der Waals surface area contributed by atoms with Crippen LogP contribution < -0.4 is 0 Å².